The molecule has 0 aliphatic heterocycles. The molecule has 2 aromatic carbocycles. The van der Waals surface area contributed by atoms with Gasteiger partial charge in [-0.15, -0.1) is 0 Å². The monoisotopic (exact) mass is 460 g/mol. The number of carbonyl (C=O) groups excluding carboxylic acids is 2. The van der Waals surface area contributed by atoms with Crippen molar-refractivity contribution in [2.75, 3.05) is 18.4 Å². The number of anilines is 1. The minimum atomic E-state index is -3.88. The first-order valence-corrected chi connectivity index (χ1v) is 12.1. The summed E-state index contributed by atoms with van der Waals surface area (Å²) in [5.74, 6) is -0.473. The fraction of sp³-hybridized carbons (Fsp3) is 0.391. The van der Waals surface area contributed by atoms with E-state index in [1.54, 1.807) is 31.2 Å². The molecule has 1 aliphatic carbocycles. The second kappa shape index (κ2) is 10.0. The van der Waals surface area contributed by atoms with Crippen molar-refractivity contribution in [1.29, 1.82) is 0 Å². The number of methoxy groups -OCH3 is 1. The fourth-order valence-electron chi connectivity index (χ4n) is 3.81. The van der Waals surface area contributed by atoms with Gasteiger partial charge in [0.15, 0.2) is 0 Å². The lowest BCUT2D eigenvalue weighted by molar-refractivity contribution is -0.152. The first-order chi connectivity index (χ1) is 15.3. The van der Waals surface area contributed by atoms with Crippen LogP contribution in [-0.2, 0) is 19.6 Å². The van der Waals surface area contributed by atoms with E-state index in [4.69, 9.17) is 9.47 Å². The zero-order valence-electron chi connectivity index (χ0n) is 18.2. The Bertz CT molecular complexity index is 1060. The summed E-state index contributed by atoms with van der Waals surface area (Å²) in [4.78, 5) is 25.4. The lowest BCUT2D eigenvalue weighted by atomic mass is 9.81. The molecule has 0 atom stereocenters. The molecule has 0 heterocycles. The molecule has 1 fully saturated rings. The van der Waals surface area contributed by atoms with E-state index >= 15 is 0 Å². The van der Waals surface area contributed by atoms with Crippen molar-refractivity contribution in [1.82, 2.24) is 5.32 Å². The van der Waals surface area contributed by atoms with E-state index < -0.39 is 27.4 Å². The fourth-order valence-corrected chi connectivity index (χ4v) is 4.88. The van der Waals surface area contributed by atoms with Gasteiger partial charge in [-0.3, -0.25) is 9.52 Å². The number of esters is 1. The molecule has 172 valence electrons. The topological polar surface area (TPSA) is 111 Å². The molecular formula is C23H28N2O6S. The molecule has 32 heavy (non-hydrogen) atoms. The van der Waals surface area contributed by atoms with Crippen LogP contribution >= 0.6 is 0 Å². The maximum atomic E-state index is 12.9. The Hall–Kier alpha value is -3.07. The molecule has 0 saturated heterocycles. The van der Waals surface area contributed by atoms with Crippen LogP contribution in [0.2, 0.25) is 0 Å². The van der Waals surface area contributed by atoms with Gasteiger partial charge in [-0.25, -0.2) is 13.2 Å². The molecule has 1 aliphatic rings. The molecule has 0 spiro atoms. The zero-order chi connectivity index (χ0) is 23.2. The average Bonchev–Trinajstić information content (AvgIpc) is 2.80. The van der Waals surface area contributed by atoms with Crippen LogP contribution in [0, 0.1) is 0 Å². The van der Waals surface area contributed by atoms with E-state index in [0.717, 1.165) is 19.3 Å². The highest BCUT2D eigenvalue weighted by atomic mass is 32.2. The molecule has 2 aromatic rings. The van der Waals surface area contributed by atoms with Crippen molar-refractivity contribution in [2.45, 2.75) is 49.5 Å². The number of nitrogens with one attached hydrogen (secondary N) is 2. The van der Waals surface area contributed by atoms with Gasteiger partial charge >= 0.3 is 5.97 Å². The van der Waals surface area contributed by atoms with Crippen molar-refractivity contribution in [2.24, 2.45) is 0 Å². The van der Waals surface area contributed by atoms with E-state index in [-0.39, 0.29) is 17.1 Å². The van der Waals surface area contributed by atoms with Crippen LogP contribution in [0.15, 0.2) is 53.4 Å². The van der Waals surface area contributed by atoms with Crippen molar-refractivity contribution >= 4 is 27.6 Å². The minimum absolute atomic E-state index is 0.00210. The van der Waals surface area contributed by atoms with Crippen LogP contribution in [0.3, 0.4) is 0 Å². The highest BCUT2D eigenvalue weighted by molar-refractivity contribution is 7.92. The number of carbonyl (C=O) groups is 2. The SMILES string of the molecule is CCOC(=O)C1(NC(=O)c2ccc(S(=O)(=O)Nc3ccccc3OC)cc2)CCCCC1. The molecule has 0 aromatic heterocycles. The highest BCUT2D eigenvalue weighted by Crippen LogP contribution is 2.30. The van der Waals surface area contributed by atoms with E-state index in [1.165, 1.54) is 31.4 Å². The van der Waals surface area contributed by atoms with Crippen LogP contribution < -0.4 is 14.8 Å². The summed E-state index contributed by atoms with van der Waals surface area (Å²) in [6, 6.07) is 12.2. The predicted molar refractivity (Wildman–Crippen MR) is 120 cm³/mol. The van der Waals surface area contributed by atoms with Crippen molar-refractivity contribution in [3.05, 3.63) is 54.1 Å². The summed E-state index contributed by atoms with van der Waals surface area (Å²) in [6.45, 7) is 1.97. The number of hydrogen-bond acceptors (Lipinski definition) is 6. The molecule has 0 unspecified atom stereocenters. The second-order valence-corrected chi connectivity index (χ2v) is 9.33. The first kappa shape index (κ1) is 23.6. The van der Waals surface area contributed by atoms with Gasteiger partial charge in [0.1, 0.15) is 11.3 Å². The second-order valence-electron chi connectivity index (χ2n) is 7.65. The number of ether oxygens (including phenoxy) is 2. The number of sulfonamides is 1. The lowest BCUT2D eigenvalue weighted by Gasteiger charge is -2.35. The molecule has 9 heteroatoms. The predicted octanol–water partition coefficient (Wildman–Crippen LogP) is 3.49. The Kier molecular flexibility index (Phi) is 7.40. The van der Waals surface area contributed by atoms with Gasteiger partial charge in [-0.2, -0.15) is 0 Å². The third-order valence-electron chi connectivity index (χ3n) is 5.50. The van der Waals surface area contributed by atoms with Gasteiger partial charge < -0.3 is 14.8 Å². The number of amides is 1. The van der Waals surface area contributed by atoms with Crippen molar-refractivity contribution < 1.29 is 27.5 Å². The molecule has 2 N–H and O–H groups in total. The third-order valence-corrected chi connectivity index (χ3v) is 6.89. The molecule has 0 bridgehead atoms. The highest BCUT2D eigenvalue weighted by Gasteiger charge is 2.42. The summed E-state index contributed by atoms with van der Waals surface area (Å²) >= 11 is 0. The summed E-state index contributed by atoms with van der Waals surface area (Å²) in [5, 5.41) is 2.85. The Morgan fingerprint density at radius 2 is 1.66 bits per heavy atom. The molecule has 3 rings (SSSR count). The Labute approximate surface area is 188 Å². The van der Waals surface area contributed by atoms with E-state index in [2.05, 4.69) is 10.0 Å². The molecule has 1 amide bonds. The summed E-state index contributed by atoms with van der Waals surface area (Å²) in [7, 11) is -2.43. The van der Waals surface area contributed by atoms with Gasteiger partial charge in [0.05, 0.1) is 24.3 Å². The van der Waals surface area contributed by atoms with Crippen LogP contribution in [0.5, 0.6) is 5.75 Å². The van der Waals surface area contributed by atoms with Gasteiger partial charge in [0, 0.05) is 5.56 Å². The molecular weight excluding hydrogens is 432 g/mol. The quantitative estimate of drug-likeness (QED) is 0.584. The number of hydrogen-bond donors (Lipinski definition) is 2. The van der Waals surface area contributed by atoms with Crippen LogP contribution in [0.1, 0.15) is 49.4 Å². The summed E-state index contributed by atoms with van der Waals surface area (Å²) in [5.41, 5.74) is -0.470. The number of rotatable bonds is 8. The zero-order valence-corrected chi connectivity index (χ0v) is 19.0. The van der Waals surface area contributed by atoms with Crippen LogP contribution in [0.4, 0.5) is 5.69 Å². The average molecular weight is 461 g/mol. The minimum Gasteiger partial charge on any atom is -0.495 e. The molecule has 1 saturated carbocycles. The Morgan fingerprint density at radius 3 is 2.28 bits per heavy atom. The van der Waals surface area contributed by atoms with Crippen LogP contribution in [-0.4, -0.2) is 39.5 Å². The molecule has 8 nitrogen and oxygen atoms in total. The standard InChI is InChI=1S/C23H28N2O6S/c1-3-31-22(27)23(15-7-4-8-16-23)24-21(26)17-11-13-18(14-12-17)32(28,29)25-19-9-5-6-10-20(19)30-2/h5-6,9-14,25H,3-4,7-8,15-16H2,1-2H3,(H,24,26). The van der Waals surface area contributed by atoms with E-state index in [0.29, 0.717) is 24.3 Å². The smallest absolute Gasteiger partial charge is 0.331 e. The Balaban J connectivity index is 1.76. The van der Waals surface area contributed by atoms with E-state index in [1.807, 2.05) is 0 Å². The lowest BCUT2D eigenvalue weighted by Crippen LogP contribution is -2.56. The van der Waals surface area contributed by atoms with Gasteiger partial charge in [0.2, 0.25) is 0 Å². The van der Waals surface area contributed by atoms with Crippen molar-refractivity contribution in [3.63, 3.8) is 0 Å². The summed E-state index contributed by atoms with van der Waals surface area (Å²) < 4.78 is 38.4. The van der Waals surface area contributed by atoms with Gasteiger partial charge in [-0.05, 0) is 56.2 Å². The van der Waals surface area contributed by atoms with Gasteiger partial charge in [-0.1, -0.05) is 31.4 Å². The van der Waals surface area contributed by atoms with Gasteiger partial charge in [0.25, 0.3) is 15.9 Å². The molecule has 0 radical (unpaired) electrons. The number of para-hydroxylation sites is 2. The third kappa shape index (κ3) is 5.21. The normalized spacial score (nSPS) is 15.4. The van der Waals surface area contributed by atoms with E-state index in [9.17, 15) is 18.0 Å². The number of benzene rings is 2. The Morgan fingerprint density at radius 1 is 1.00 bits per heavy atom. The maximum absolute atomic E-state index is 12.9. The first-order valence-electron chi connectivity index (χ1n) is 10.6. The van der Waals surface area contributed by atoms with Crippen LogP contribution in [0.25, 0.3) is 0 Å². The maximum Gasteiger partial charge on any atom is 0.331 e. The van der Waals surface area contributed by atoms with Crippen molar-refractivity contribution in [3.8, 4) is 5.75 Å². The largest absolute Gasteiger partial charge is 0.495 e. The summed E-state index contributed by atoms with van der Waals surface area (Å²) in [6.07, 6.45) is 3.69.